The number of benzene rings is 1. The molecule has 7 heteroatoms. The molecule has 0 aliphatic heterocycles. The van der Waals surface area contributed by atoms with E-state index >= 15 is 0 Å². The molecule has 1 aromatic carbocycles. The van der Waals surface area contributed by atoms with Crippen LogP contribution in [0.5, 0.6) is 5.75 Å². The summed E-state index contributed by atoms with van der Waals surface area (Å²) in [5.41, 5.74) is 0.539. The molecule has 0 saturated carbocycles. The van der Waals surface area contributed by atoms with Crippen LogP contribution in [0.3, 0.4) is 0 Å². The summed E-state index contributed by atoms with van der Waals surface area (Å²) >= 11 is 1.20. The van der Waals surface area contributed by atoms with E-state index < -0.39 is 5.97 Å². The topological polar surface area (TPSA) is 70.4 Å². The van der Waals surface area contributed by atoms with Crippen molar-refractivity contribution in [2.24, 2.45) is 0 Å². The van der Waals surface area contributed by atoms with Gasteiger partial charge in [-0.05, 0) is 31.0 Å². The fourth-order valence-electron chi connectivity index (χ4n) is 2.92. The molecule has 0 amide bonds. The zero-order valence-electron chi connectivity index (χ0n) is 16.1. The summed E-state index contributed by atoms with van der Waals surface area (Å²) in [5.74, 6) is 0.276. The van der Waals surface area contributed by atoms with Gasteiger partial charge in [0.15, 0.2) is 0 Å². The summed E-state index contributed by atoms with van der Waals surface area (Å²) in [4.78, 5) is 30.6. The van der Waals surface area contributed by atoms with E-state index in [2.05, 4.69) is 11.9 Å². The van der Waals surface area contributed by atoms with Gasteiger partial charge < -0.3 is 9.47 Å². The lowest BCUT2D eigenvalue weighted by Gasteiger charge is -2.07. The minimum absolute atomic E-state index is 0.0960. The molecule has 28 heavy (non-hydrogen) atoms. The molecule has 0 bridgehead atoms. The van der Waals surface area contributed by atoms with Crippen molar-refractivity contribution in [3.05, 3.63) is 57.5 Å². The van der Waals surface area contributed by atoms with Crippen LogP contribution in [0.4, 0.5) is 0 Å². The monoisotopic (exact) mass is 400 g/mol. The summed E-state index contributed by atoms with van der Waals surface area (Å²) in [6.45, 7) is 4.94. The molecule has 3 rings (SSSR count). The first kappa shape index (κ1) is 20.1. The molecule has 0 aliphatic carbocycles. The molecule has 0 radical (unpaired) electrons. The summed E-state index contributed by atoms with van der Waals surface area (Å²) in [6.07, 6.45) is 4.66. The number of aryl methyl sites for hydroxylation is 2. The first-order chi connectivity index (χ1) is 13.6. The van der Waals surface area contributed by atoms with E-state index in [0.717, 1.165) is 25.0 Å². The number of hydrogen-bond acceptors (Lipinski definition) is 6. The van der Waals surface area contributed by atoms with E-state index in [9.17, 15) is 9.59 Å². The van der Waals surface area contributed by atoms with Gasteiger partial charge in [0, 0.05) is 6.54 Å². The van der Waals surface area contributed by atoms with Crippen LogP contribution < -0.4 is 10.3 Å². The van der Waals surface area contributed by atoms with Crippen molar-refractivity contribution in [1.29, 1.82) is 0 Å². The number of carbonyl (C=O) groups is 1. The third kappa shape index (κ3) is 4.59. The van der Waals surface area contributed by atoms with Crippen molar-refractivity contribution < 1.29 is 14.3 Å². The van der Waals surface area contributed by atoms with Crippen molar-refractivity contribution in [2.75, 3.05) is 13.2 Å². The molecule has 3 aromatic rings. The Hall–Kier alpha value is -2.67. The maximum absolute atomic E-state index is 12.8. The van der Waals surface area contributed by atoms with Crippen molar-refractivity contribution >= 4 is 27.5 Å². The van der Waals surface area contributed by atoms with Gasteiger partial charge in [-0.3, -0.25) is 9.36 Å². The molecular formula is C21H24N2O4S. The van der Waals surface area contributed by atoms with Gasteiger partial charge in [-0.15, -0.1) is 11.3 Å². The van der Waals surface area contributed by atoms with Gasteiger partial charge in [0.1, 0.15) is 28.7 Å². The third-order valence-electron chi connectivity index (χ3n) is 4.43. The van der Waals surface area contributed by atoms with Crippen LogP contribution in [0, 0.1) is 6.92 Å². The van der Waals surface area contributed by atoms with Crippen LogP contribution >= 0.6 is 11.3 Å². The quantitative estimate of drug-likeness (QED) is 0.398. The first-order valence-corrected chi connectivity index (χ1v) is 10.3. The molecule has 0 saturated heterocycles. The molecule has 0 fully saturated rings. The second-order valence-electron chi connectivity index (χ2n) is 6.48. The van der Waals surface area contributed by atoms with Crippen LogP contribution in [0.2, 0.25) is 0 Å². The Balaban J connectivity index is 1.67. The van der Waals surface area contributed by atoms with E-state index in [4.69, 9.17) is 9.47 Å². The molecule has 6 nitrogen and oxygen atoms in total. The Morgan fingerprint density at radius 3 is 2.71 bits per heavy atom. The highest BCUT2D eigenvalue weighted by molar-refractivity contribution is 7.20. The maximum Gasteiger partial charge on any atom is 0.348 e. The Kier molecular flexibility index (Phi) is 6.81. The Morgan fingerprint density at radius 1 is 1.18 bits per heavy atom. The van der Waals surface area contributed by atoms with E-state index in [1.165, 1.54) is 11.3 Å². The Morgan fingerprint density at radius 2 is 1.96 bits per heavy atom. The van der Waals surface area contributed by atoms with Crippen LogP contribution in [-0.4, -0.2) is 28.7 Å². The summed E-state index contributed by atoms with van der Waals surface area (Å²) in [6, 6.07) is 9.35. The van der Waals surface area contributed by atoms with Gasteiger partial charge in [-0.1, -0.05) is 38.0 Å². The van der Waals surface area contributed by atoms with Crippen molar-refractivity contribution in [3.8, 4) is 5.75 Å². The molecule has 148 valence electrons. The fraction of sp³-hybridized carbons (Fsp3) is 0.381. The number of unbranched alkanes of at least 4 members (excludes halogenated alkanes) is 2. The number of carbonyl (C=O) groups excluding carboxylic acids is 1. The minimum atomic E-state index is -0.450. The van der Waals surface area contributed by atoms with Crippen LogP contribution in [0.15, 0.2) is 41.5 Å². The molecule has 0 N–H and O–H groups in total. The predicted molar refractivity (Wildman–Crippen MR) is 110 cm³/mol. The zero-order valence-corrected chi connectivity index (χ0v) is 17.0. The fourth-order valence-corrected chi connectivity index (χ4v) is 3.95. The highest BCUT2D eigenvalue weighted by Crippen LogP contribution is 2.27. The van der Waals surface area contributed by atoms with Gasteiger partial charge >= 0.3 is 5.97 Å². The number of rotatable bonds is 9. The second kappa shape index (κ2) is 9.50. The molecule has 0 atom stereocenters. The van der Waals surface area contributed by atoms with Gasteiger partial charge in [0.2, 0.25) is 0 Å². The van der Waals surface area contributed by atoms with Gasteiger partial charge in [0.25, 0.3) is 5.56 Å². The molecule has 2 heterocycles. The second-order valence-corrected chi connectivity index (χ2v) is 7.48. The van der Waals surface area contributed by atoms with Crippen LogP contribution in [0.25, 0.3) is 10.2 Å². The molecular weight excluding hydrogens is 376 g/mol. The number of thiophene rings is 1. The highest BCUT2D eigenvalue weighted by Gasteiger charge is 2.20. The predicted octanol–water partition coefficient (Wildman–Crippen LogP) is 4.19. The van der Waals surface area contributed by atoms with E-state index in [1.807, 2.05) is 30.3 Å². The maximum atomic E-state index is 12.8. The normalized spacial score (nSPS) is 10.9. The largest absolute Gasteiger partial charge is 0.490 e. The van der Waals surface area contributed by atoms with Gasteiger partial charge in [0.05, 0.1) is 11.7 Å². The number of nitrogens with zero attached hydrogens (tertiary/aromatic N) is 2. The van der Waals surface area contributed by atoms with E-state index in [-0.39, 0.29) is 18.8 Å². The lowest BCUT2D eigenvalue weighted by atomic mass is 10.2. The minimum Gasteiger partial charge on any atom is -0.490 e. The highest BCUT2D eigenvalue weighted by atomic mass is 32.1. The van der Waals surface area contributed by atoms with Crippen molar-refractivity contribution in [2.45, 2.75) is 39.7 Å². The molecule has 2 aromatic heterocycles. The Bertz CT molecular complexity index is 995. The van der Waals surface area contributed by atoms with Crippen molar-refractivity contribution in [1.82, 2.24) is 9.55 Å². The lowest BCUT2D eigenvalue weighted by Crippen LogP contribution is -2.20. The Labute approximate surface area is 167 Å². The summed E-state index contributed by atoms with van der Waals surface area (Å²) in [5, 5.41) is 0.511. The number of ether oxygens (including phenoxy) is 2. The average molecular weight is 401 g/mol. The van der Waals surface area contributed by atoms with E-state index in [1.54, 1.807) is 17.8 Å². The SMILES string of the molecule is CCCCCn1cnc2sc(C(=O)OCCOc3ccccc3)c(C)c2c1=O. The lowest BCUT2D eigenvalue weighted by molar-refractivity contribution is 0.0455. The summed E-state index contributed by atoms with van der Waals surface area (Å²) in [7, 11) is 0. The third-order valence-corrected chi connectivity index (χ3v) is 5.61. The van der Waals surface area contributed by atoms with Crippen molar-refractivity contribution in [3.63, 3.8) is 0 Å². The standard InChI is InChI=1S/C21H24N2O4S/c1-3-4-8-11-23-14-22-19-17(20(23)24)15(2)18(28-19)21(25)27-13-12-26-16-9-6-5-7-10-16/h5-7,9-10,14H,3-4,8,11-13H2,1-2H3. The first-order valence-electron chi connectivity index (χ1n) is 9.45. The van der Waals surface area contributed by atoms with E-state index in [0.29, 0.717) is 27.2 Å². The van der Waals surface area contributed by atoms with Crippen LogP contribution in [0.1, 0.15) is 41.4 Å². The number of fused-ring (bicyclic) bond motifs is 1. The average Bonchev–Trinajstić information content (AvgIpc) is 3.05. The number of esters is 1. The number of para-hydroxylation sites is 1. The van der Waals surface area contributed by atoms with Gasteiger partial charge in [-0.25, -0.2) is 9.78 Å². The zero-order chi connectivity index (χ0) is 19.9. The summed E-state index contributed by atoms with van der Waals surface area (Å²) < 4.78 is 12.5. The molecule has 0 aliphatic rings. The molecule has 0 spiro atoms. The smallest absolute Gasteiger partial charge is 0.348 e. The van der Waals surface area contributed by atoms with Crippen LogP contribution in [-0.2, 0) is 11.3 Å². The number of hydrogen-bond donors (Lipinski definition) is 0. The molecule has 0 unspecified atom stereocenters. The van der Waals surface area contributed by atoms with Gasteiger partial charge in [-0.2, -0.15) is 0 Å². The number of aromatic nitrogens is 2.